The van der Waals surface area contributed by atoms with Crippen LogP contribution in [0, 0.1) is 5.92 Å². The summed E-state index contributed by atoms with van der Waals surface area (Å²) >= 11 is 0. The zero-order valence-corrected chi connectivity index (χ0v) is 16.6. The van der Waals surface area contributed by atoms with Gasteiger partial charge in [0.2, 0.25) is 11.8 Å². The van der Waals surface area contributed by atoms with E-state index >= 15 is 0 Å². The zero-order chi connectivity index (χ0) is 21.1. The van der Waals surface area contributed by atoms with E-state index < -0.39 is 5.92 Å². The second kappa shape index (κ2) is 8.24. The first kappa shape index (κ1) is 19.4. The van der Waals surface area contributed by atoms with Crippen LogP contribution in [0.3, 0.4) is 0 Å². The van der Waals surface area contributed by atoms with Gasteiger partial charge in [-0.25, -0.2) is 9.67 Å². The molecule has 1 saturated heterocycles. The third kappa shape index (κ3) is 3.82. The second-order valence-electron chi connectivity index (χ2n) is 6.79. The summed E-state index contributed by atoms with van der Waals surface area (Å²) in [6.45, 7) is 0.257. The minimum Gasteiger partial charge on any atom is -0.497 e. The first-order valence-corrected chi connectivity index (χ1v) is 9.38. The number of ether oxygens (including phenoxy) is 2. The Kier molecular flexibility index (Phi) is 5.34. The van der Waals surface area contributed by atoms with Gasteiger partial charge in [-0.15, -0.1) is 0 Å². The van der Waals surface area contributed by atoms with Crippen LogP contribution < -0.4 is 19.7 Å². The molecule has 2 aromatic heterocycles. The lowest BCUT2D eigenvalue weighted by Crippen LogP contribution is -2.28. The van der Waals surface area contributed by atoms with Crippen LogP contribution in [0.4, 0.5) is 11.4 Å². The van der Waals surface area contributed by atoms with Crippen molar-refractivity contribution in [2.45, 2.75) is 6.42 Å². The van der Waals surface area contributed by atoms with Gasteiger partial charge in [0.25, 0.3) is 0 Å². The first-order chi connectivity index (χ1) is 14.6. The molecule has 0 bridgehead atoms. The highest BCUT2D eigenvalue weighted by molar-refractivity contribution is 6.04. The van der Waals surface area contributed by atoms with E-state index in [2.05, 4.69) is 15.4 Å². The average Bonchev–Trinajstić information content (AvgIpc) is 3.44. The minimum absolute atomic E-state index is 0.116. The van der Waals surface area contributed by atoms with E-state index in [-0.39, 0.29) is 24.8 Å². The highest BCUT2D eigenvalue weighted by Crippen LogP contribution is 2.36. The molecule has 1 fully saturated rings. The number of nitrogens with one attached hydrogen (secondary N) is 1. The fraction of sp³-hybridized carbons (Fsp3) is 0.238. The van der Waals surface area contributed by atoms with Crippen LogP contribution in [0.25, 0.3) is 5.82 Å². The van der Waals surface area contributed by atoms with E-state index in [4.69, 9.17) is 9.47 Å². The number of carbonyl (C=O) groups excluding carboxylic acids is 2. The van der Waals surface area contributed by atoms with E-state index in [1.807, 2.05) is 0 Å². The van der Waals surface area contributed by atoms with Gasteiger partial charge in [-0.3, -0.25) is 9.59 Å². The number of nitrogens with zero attached hydrogens (tertiary/aromatic N) is 4. The molecule has 1 unspecified atom stereocenters. The molecule has 1 aliphatic heterocycles. The van der Waals surface area contributed by atoms with Gasteiger partial charge in [0.1, 0.15) is 11.5 Å². The molecule has 1 N–H and O–H groups in total. The predicted molar refractivity (Wildman–Crippen MR) is 110 cm³/mol. The summed E-state index contributed by atoms with van der Waals surface area (Å²) in [5, 5.41) is 6.95. The van der Waals surface area contributed by atoms with Crippen LogP contribution in [0.1, 0.15) is 6.42 Å². The van der Waals surface area contributed by atoms with Gasteiger partial charge in [0.15, 0.2) is 5.82 Å². The third-order valence-corrected chi connectivity index (χ3v) is 4.93. The number of aromatic nitrogens is 3. The molecule has 154 valence electrons. The summed E-state index contributed by atoms with van der Waals surface area (Å²) in [4.78, 5) is 31.2. The van der Waals surface area contributed by atoms with Crippen molar-refractivity contribution in [1.82, 2.24) is 14.8 Å². The summed E-state index contributed by atoms with van der Waals surface area (Å²) in [6.07, 6.45) is 5.13. The highest BCUT2D eigenvalue weighted by atomic mass is 16.5. The van der Waals surface area contributed by atoms with Crippen molar-refractivity contribution in [3.05, 3.63) is 55.0 Å². The van der Waals surface area contributed by atoms with E-state index in [9.17, 15) is 9.59 Å². The smallest absolute Gasteiger partial charge is 0.229 e. The summed E-state index contributed by atoms with van der Waals surface area (Å²) in [7, 11) is 3.09. The molecule has 2 amide bonds. The van der Waals surface area contributed by atoms with Crippen molar-refractivity contribution in [2.24, 2.45) is 5.92 Å². The van der Waals surface area contributed by atoms with Crippen LogP contribution in [0.15, 0.2) is 55.0 Å². The maximum atomic E-state index is 12.7. The number of pyridine rings is 1. The molecule has 0 spiro atoms. The molecule has 1 aliphatic rings. The molecule has 1 atom stereocenters. The highest BCUT2D eigenvalue weighted by Gasteiger charge is 2.36. The third-order valence-electron chi connectivity index (χ3n) is 4.93. The van der Waals surface area contributed by atoms with Gasteiger partial charge < -0.3 is 19.7 Å². The Labute approximate surface area is 173 Å². The normalized spacial score (nSPS) is 15.9. The van der Waals surface area contributed by atoms with Crippen molar-refractivity contribution in [3.8, 4) is 17.3 Å². The van der Waals surface area contributed by atoms with Crippen molar-refractivity contribution in [3.63, 3.8) is 0 Å². The molecule has 9 nitrogen and oxygen atoms in total. The van der Waals surface area contributed by atoms with Gasteiger partial charge in [-0.1, -0.05) is 0 Å². The van der Waals surface area contributed by atoms with Crippen molar-refractivity contribution in [1.29, 1.82) is 0 Å². The molecule has 0 radical (unpaired) electrons. The summed E-state index contributed by atoms with van der Waals surface area (Å²) < 4.78 is 12.3. The topological polar surface area (TPSA) is 98.6 Å². The Morgan fingerprint density at radius 3 is 2.73 bits per heavy atom. The van der Waals surface area contributed by atoms with Crippen molar-refractivity contribution < 1.29 is 19.1 Å². The lowest BCUT2D eigenvalue weighted by Gasteiger charge is -2.20. The maximum absolute atomic E-state index is 12.7. The quantitative estimate of drug-likeness (QED) is 0.673. The minimum atomic E-state index is -0.487. The molecular weight excluding hydrogens is 386 g/mol. The van der Waals surface area contributed by atoms with Gasteiger partial charge in [0, 0.05) is 31.4 Å². The average molecular weight is 407 g/mol. The van der Waals surface area contributed by atoms with Crippen molar-refractivity contribution >= 4 is 23.2 Å². The van der Waals surface area contributed by atoms with Crippen molar-refractivity contribution in [2.75, 3.05) is 31.0 Å². The number of rotatable bonds is 6. The van der Waals surface area contributed by atoms with Crippen LogP contribution in [-0.2, 0) is 9.59 Å². The van der Waals surface area contributed by atoms with Crippen LogP contribution in [0.2, 0.25) is 0 Å². The number of hydrogen-bond donors (Lipinski definition) is 1. The SMILES string of the molecule is COc1ccc(OC)c(N2CC(C(=O)Nc3ccc(-n4cccn4)nc3)CC2=O)c1. The number of carbonyl (C=O) groups is 2. The van der Waals surface area contributed by atoms with E-state index in [1.54, 1.807) is 71.7 Å². The standard InChI is InChI=1S/C21H21N5O4/c1-29-16-5-6-18(30-2)17(11-16)25-13-14(10-20(25)27)21(28)24-15-4-7-19(22-12-15)26-9-3-8-23-26/h3-9,11-12,14H,10,13H2,1-2H3,(H,24,28). The molecule has 30 heavy (non-hydrogen) atoms. The van der Waals surface area contributed by atoms with Crippen LogP contribution in [0.5, 0.6) is 11.5 Å². The maximum Gasteiger partial charge on any atom is 0.229 e. The molecule has 1 aromatic carbocycles. The second-order valence-corrected chi connectivity index (χ2v) is 6.79. The summed E-state index contributed by atoms with van der Waals surface area (Å²) in [5.41, 5.74) is 1.14. The summed E-state index contributed by atoms with van der Waals surface area (Å²) in [6, 6.07) is 10.5. The van der Waals surface area contributed by atoms with Gasteiger partial charge in [0.05, 0.1) is 37.7 Å². The monoisotopic (exact) mass is 407 g/mol. The Morgan fingerprint density at radius 2 is 2.07 bits per heavy atom. The van der Waals surface area contributed by atoms with Crippen LogP contribution in [-0.4, -0.2) is 47.3 Å². The Bertz CT molecular complexity index is 1050. The molecule has 3 aromatic rings. The Balaban J connectivity index is 1.46. The molecule has 4 rings (SSSR count). The molecular formula is C21H21N5O4. The summed E-state index contributed by atoms with van der Waals surface area (Å²) in [5.74, 6) is 0.929. The van der Waals surface area contributed by atoms with Gasteiger partial charge in [-0.2, -0.15) is 5.10 Å². The molecule has 9 heteroatoms. The number of hydrogen-bond acceptors (Lipinski definition) is 6. The van der Waals surface area contributed by atoms with Gasteiger partial charge in [-0.05, 0) is 30.3 Å². The number of benzene rings is 1. The number of anilines is 2. The lowest BCUT2D eigenvalue weighted by molar-refractivity contribution is -0.122. The zero-order valence-electron chi connectivity index (χ0n) is 16.6. The fourth-order valence-corrected chi connectivity index (χ4v) is 3.37. The fourth-order valence-electron chi connectivity index (χ4n) is 3.37. The molecule has 0 saturated carbocycles. The number of amides is 2. The van der Waals surface area contributed by atoms with E-state index in [0.29, 0.717) is 28.7 Å². The first-order valence-electron chi connectivity index (χ1n) is 9.38. The van der Waals surface area contributed by atoms with Gasteiger partial charge >= 0.3 is 0 Å². The van der Waals surface area contributed by atoms with Crippen LogP contribution >= 0.6 is 0 Å². The largest absolute Gasteiger partial charge is 0.497 e. The molecule has 3 heterocycles. The Morgan fingerprint density at radius 1 is 1.20 bits per heavy atom. The number of methoxy groups -OCH3 is 2. The van der Waals surface area contributed by atoms with E-state index in [1.165, 1.54) is 7.11 Å². The molecule has 0 aliphatic carbocycles. The Hall–Kier alpha value is -3.88. The predicted octanol–water partition coefficient (Wildman–Crippen LogP) is 2.28. The van der Waals surface area contributed by atoms with E-state index in [0.717, 1.165) is 0 Å². The lowest BCUT2D eigenvalue weighted by atomic mass is 10.1.